The van der Waals surface area contributed by atoms with Gasteiger partial charge in [0.15, 0.2) is 5.70 Å². The van der Waals surface area contributed by atoms with Gasteiger partial charge in [0.05, 0.1) is 27.7 Å². The van der Waals surface area contributed by atoms with Crippen LogP contribution >= 0.6 is 0 Å². The summed E-state index contributed by atoms with van der Waals surface area (Å²) in [5, 5.41) is 16.0. The van der Waals surface area contributed by atoms with Crippen molar-refractivity contribution in [1.29, 1.82) is 0 Å². The number of nitrogens with zero attached hydrogens (tertiary/aromatic N) is 4. The number of fused-ring (bicyclic) bond motifs is 2. The SMILES string of the molecule is BC1COC(C)=C(/C(=C\C(=C/C)S(=O)(=O)NC(=O)c2ccc(N(C)CC)cc2N2c3cc4cc[nH]c4nc3OCCC(C)(C)C2(C)C)[N+](=O)[O-])N1. The van der Waals surface area contributed by atoms with Gasteiger partial charge in [-0.15, -0.1) is 0 Å². The number of pyridine rings is 1. The molecule has 16 heteroatoms. The topological polar surface area (TPSA) is 172 Å². The average molecular weight is 720 g/mol. The Kier molecular flexibility index (Phi) is 10.2. The number of H-pyrrole nitrogens is 1. The van der Waals surface area contributed by atoms with E-state index in [-0.39, 0.29) is 28.4 Å². The third-order valence-electron chi connectivity index (χ3n) is 10.1. The smallest absolute Gasteiger partial charge is 0.297 e. The Labute approximate surface area is 299 Å². The normalized spacial score (nSPS) is 19.2. The largest absolute Gasteiger partial charge is 0.494 e. The molecule has 0 aliphatic carbocycles. The van der Waals surface area contributed by atoms with E-state index in [0.717, 1.165) is 17.1 Å². The van der Waals surface area contributed by atoms with E-state index in [9.17, 15) is 23.3 Å². The number of aromatic amines is 1. The first-order valence-electron chi connectivity index (χ1n) is 16.9. The maximum atomic E-state index is 14.3. The maximum absolute atomic E-state index is 14.3. The molecule has 0 spiro atoms. The fourth-order valence-corrected chi connectivity index (χ4v) is 7.20. The van der Waals surface area contributed by atoms with Gasteiger partial charge in [0.2, 0.25) is 5.88 Å². The molecule has 1 unspecified atom stereocenters. The summed E-state index contributed by atoms with van der Waals surface area (Å²) in [4.78, 5) is 37.3. The first-order valence-corrected chi connectivity index (χ1v) is 18.4. The second-order valence-corrected chi connectivity index (χ2v) is 15.7. The molecule has 0 saturated heterocycles. The molecule has 2 aliphatic heterocycles. The molecule has 272 valence electrons. The summed E-state index contributed by atoms with van der Waals surface area (Å²) in [7, 11) is -0.911. The molecule has 2 aromatic heterocycles. The maximum Gasteiger partial charge on any atom is 0.297 e. The lowest BCUT2D eigenvalue weighted by Crippen LogP contribution is -2.54. The van der Waals surface area contributed by atoms with Crippen molar-refractivity contribution in [2.45, 2.75) is 66.4 Å². The monoisotopic (exact) mass is 719 g/mol. The summed E-state index contributed by atoms with van der Waals surface area (Å²) in [5.74, 6) is -0.538. The van der Waals surface area contributed by atoms with Gasteiger partial charge in [-0.3, -0.25) is 14.9 Å². The standard InChI is InChI=1S/C35H46BN7O7S/c1-9-24(19-27(43(45)46)30-21(3)50-20-29(36)38-30)51(47,48)40-32(44)25-12-11-23(41(8)10-2)18-26(25)42-28-17-22-13-15-37-31(22)39-33(28)49-16-14-34(4,5)35(42,6)7/h9,11-13,15,17-19,29,38H,10,14,16,20,36H2,1-8H3,(H,37,39)(H,40,44)/b24-9+,27-19+. The van der Waals surface area contributed by atoms with Crippen LogP contribution < -0.4 is 24.6 Å². The van der Waals surface area contributed by atoms with Crippen LogP contribution in [0, 0.1) is 15.5 Å². The Balaban J connectivity index is 1.66. The Morgan fingerprint density at radius 2 is 1.94 bits per heavy atom. The quantitative estimate of drug-likeness (QED) is 0.121. The van der Waals surface area contributed by atoms with Gasteiger partial charge in [-0.25, -0.2) is 13.1 Å². The van der Waals surface area contributed by atoms with Gasteiger partial charge in [0.25, 0.3) is 21.6 Å². The van der Waals surface area contributed by atoms with E-state index < -0.39 is 37.0 Å². The number of allylic oxidation sites excluding steroid dienone is 3. The van der Waals surface area contributed by atoms with Crippen molar-refractivity contribution in [3.63, 3.8) is 0 Å². The number of nitro groups is 1. The van der Waals surface area contributed by atoms with Gasteiger partial charge in [-0.2, -0.15) is 4.98 Å². The summed E-state index contributed by atoms with van der Waals surface area (Å²) in [6.07, 6.45) is 4.58. The number of anilines is 3. The van der Waals surface area contributed by atoms with Crippen molar-refractivity contribution >= 4 is 51.9 Å². The van der Waals surface area contributed by atoms with E-state index in [4.69, 9.17) is 14.5 Å². The lowest BCUT2D eigenvalue weighted by atomic mass is 9.70. The van der Waals surface area contributed by atoms with Gasteiger partial charge in [-0.05, 0) is 76.8 Å². The van der Waals surface area contributed by atoms with Gasteiger partial charge in [-0.1, -0.05) is 19.9 Å². The lowest BCUT2D eigenvalue weighted by Gasteiger charge is -2.52. The van der Waals surface area contributed by atoms with Crippen LogP contribution in [0.3, 0.4) is 0 Å². The molecule has 3 N–H and O–H groups in total. The highest BCUT2D eigenvalue weighted by Crippen LogP contribution is 2.50. The summed E-state index contributed by atoms with van der Waals surface area (Å²) >= 11 is 0. The second-order valence-electron chi connectivity index (χ2n) is 14.0. The Morgan fingerprint density at radius 1 is 1.22 bits per heavy atom. The molecular formula is C35H46BN7O7S. The van der Waals surface area contributed by atoms with Gasteiger partial charge in [0, 0.05) is 48.4 Å². The van der Waals surface area contributed by atoms with Crippen LogP contribution in [0.2, 0.25) is 0 Å². The van der Waals surface area contributed by atoms with Crippen molar-refractivity contribution in [3.8, 4) is 5.88 Å². The fourth-order valence-electron chi connectivity index (χ4n) is 6.15. The minimum Gasteiger partial charge on any atom is -0.494 e. The number of rotatable bonds is 9. The minimum atomic E-state index is -4.62. The molecule has 0 fully saturated rings. The van der Waals surface area contributed by atoms with Crippen LogP contribution in [0.25, 0.3) is 11.0 Å². The molecule has 0 saturated carbocycles. The number of nitrogens with one attached hydrogen (secondary N) is 3. The first kappa shape index (κ1) is 37.3. The predicted molar refractivity (Wildman–Crippen MR) is 201 cm³/mol. The van der Waals surface area contributed by atoms with Crippen LogP contribution in [-0.4, -0.2) is 75.3 Å². The van der Waals surface area contributed by atoms with Crippen molar-refractivity contribution in [3.05, 3.63) is 86.4 Å². The second kappa shape index (κ2) is 14.0. The molecular weight excluding hydrogens is 673 g/mol. The molecule has 51 heavy (non-hydrogen) atoms. The molecule has 1 amide bonds. The summed E-state index contributed by atoms with van der Waals surface area (Å²) < 4.78 is 41.8. The van der Waals surface area contributed by atoms with Crippen molar-refractivity contribution in [2.24, 2.45) is 5.41 Å². The predicted octanol–water partition coefficient (Wildman–Crippen LogP) is 4.68. The zero-order valence-electron chi connectivity index (χ0n) is 30.6. The van der Waals surface area contributed by atoms with E-state index in [2.05, 4.69) is 42.7 Å². The number of sulfonamides is 1. The van der Waals surface area contributed by atoms with Gasteiger partial charge < -0.3 is 29.6 Å². The highest BCUT2D eigenvalue weighted by atomic mass is 32.2. The van der Waals surface area contributed by atoms with Gasteiger partial charge >= 0.3 is 0 Å². The highest BCUT2D eigenvalue weighted by Gasteiger charge is 2.46. The van der Waals surface area contributed by atoms with Crippen LogP contribution in [0.4, 0.5) is 17.1 Å². The number of benzene rings is 1. The van der Waals surface area contributed by atoms with Crippen LogP contribution in [0.15, 0.2) is 70.7 Å². The van der Waals surface area contributed by atoms with Crippen LogP contribution in [-0.2, 0) is 14.8 Å². The van der Waals surface area contributed by atoms with Crippen LogP contribution in [0.1, 0.15) is 65.2 Å². The van der Waals surface area contributed by atoms with E-state index >= 15 is 0 Å². The van der Waals surface area contributed by atoms with Crippen molar-refractivity contribution in [1.82, 2.24) is 20.0 Å². The average Bonchev–Trinajstić information content (AvgIpc) is 3.52. The summed E-state index contributed by atoms with van der Waals surface area (Å²) in [5.41, 5.74) is 1.05. The minimum absolute atomic E-state index is 0.0606. The zero-order chi connectivity index (χ0) is 37.5. The van der Waals surface area contributed by atoms with Gasteiger partial charge in [0.1, 0.15) is 31.5 Å². The number of hydrogen-bond acceptors (Lipinski definition) is 11. The molecule has 1 aromatic carbocycles. The van der Waals surface area contributed by atoms with E-state index in [1.165, 1.54) is 13.0 Å². The fraction of sp³-hybridized carbons (Fsp3) is 0.429. The zero-order valence-corrected chi connectivity index (χ0v) is 31.4. The van der Waals surface area contributed by atoms with E-state index in [1.807, 2.05) is 42.0 Å². The Hall–Kier alpha value is -4.99. The molecule has 0 bridgehead atoms. The Morgan fingerprint density at radius 3 is 2.61 bits per heavy atom. The lowest BCUT2D eigenvalue weighted by molar-refractivity contribution is -0.421. The molecule has 0 radical (unpaired) electrons. The third kappa shape index (κ3) is 7.14. The number of carbonyl (C=O) groups is 1. The molecule has 5 rings (SSSR count). The third-order valence-corrected chi connectivity index (χ3v) is 11.6. The van der Waals surface area contributed by atoms with Crippen molar-refractivity contribution < 1.29 is 27.6 Å². The molecule has 14 nitrogen and oxygen atoms in total. The molecule has 2 aliphatic rings. The molecule has 3 aromatic rings. The number of hydrogen-bond donors (Lipinski definition) is 3. The summed E-state index contributed by atoms with van der Waals surface area (Å²) in [6, 6.07) is 9.07. The van der Waals surface area contributed by atoms with E-state index in [1.54, 1.807) is 33.1 Å². The highest BCUT2D eigenvalue weighted by molar-refractivity contribution is 7.94. The number of amides is 1. The number of carbonyl (C=O) groups excluding carboxylic acids is 1. The summed E-state index contributed by atoms with van der Waals surface area (Å²) in [6.45, 7) is 14.8. The van der Waals surface area contributed by atoms with Crippen LogP contribution in [0.5, 0.6) is 5.88 Å². The Bertz CT molecular complexity index is 2070. The first-order chi connectivity index (χ1) is 23.9. The molecule has 1 atom stereocenters. The van der Waals surface area contributed by atoms with Crippen molar-refractivity contribution in [2.75, 3.05) is 36.6 Å². The van der Waals surface area contributed by atoms with E-state index in [0.29, 0.717) is 49.1 Å². The number of aromatic nitrogens is 2. The molecule has 4 heterocycles. The number of ether oxygens (including phenoxy) is 2.